The Morgan fingerprint density at radius 2 is 0.812 bits per heavy atom. The molecule has 0 heterocycles. The van der Waals surface area contributed by atoms with Crippen LogP contribution in [0.4, 0.5) is 0 Å². The van der Waals surface area contributed by atoms with E-state index in [1.165, 1.54) is 77.2 Å². The quantitative estimate of drug-likeness (QED) is 0.122. The summed E-state index contributed by atoms with van der Waals surface area (Å²) in [4.78, 5) is 0. The van der Waals surface area contributed by atoms with E-state index < -0.39 is 20.8 Å². The summed E-state index contributed by atoms with van der Waals surface area (Å²) in [7, 11) is 11.0. The second-order valence-corrected chi connectivity index (χ2v) is 19.4. The topological polar surface area (TPSA) is 0 Å². The zero-order valence-electron chi connectivity index (χ0n) is 31.0. The van der Waals surface area contributed by atoms with Crippen LogP contribution < -0.4 is 0 Å². The maximum atomic E-state index is 4.93. The van der Waals surface area contributed by atoms with Crippen LogP contribution in [-0.4, -0.2) is 9.52 Å². The monoisotopic (exact) mass is 768 g/mol. The molecule has 6 aromatic carbocycles. The molecule has 0 saturated carbocycles. The van der Waals surface area contributed by atoms with Crippen molar-refractivity contribution in [2.75, 3.05) is 0 Å². The van der Waals surface area contributed by atoms with Gasteiger partial charge >= 0.3 is 37.9 Å². The Kier molecular flexibility index (Phi) is 14.8. The third kappa shape index (κ3) is 9.94. The van der Waals surface area contributed by atoms with Crippen molar-refractivity contribution in [3.8, 4) is 22.3 Å². The summed E-state index contributed by atoms with van der Waals surface area (Å²) in [5, 5.41) is 5.43. The van der Waals surface area contributed by atoms with Crippen molar-refractivity contribution in [2.45, 2.75) is 93.2 Å². The van der Waals surface area contributed by atoms with E-state index >= 15 is 0 Å². The van der Waals surface area contributed by atoms with E-state index in [0.29, 0.717) is 0 Å². The average molecular weight is 771 g/mol. The molecule has 0 amide bonds. The molecule has 0 saturated heterocycles. The summed E-state index contributed by atoms with van der Waals surface area (Å²) >= 11 is -0.826. The Balaban J connectivity index is 0.000000224. The molecular formula is C44H52Cl2SiZr. The van der Waals surface area contributed by atoms with Gasteiger partial charge in [-0.25, -0.2) is 0 Å². The third-order valence-corrected chi connectivity index (χ3v) is 9.02. The third-order valence-electron chi connectivity index (χ3n) is 9.02. The zero-order valence-corrected chi connectivity index (χ0v) is 36.0. The molecule has 2 radical (unpaired) electrons. The van der Waals surface area contributed by atoms with Gasteiger partial charge in [0.1, 0.15) is 0 Å². The minimum absolute atomic E-state index is 0.192. The standard InChI is InChI=1S/2C21H23.C2H6Si.2ClH.Zr/c2*1-14-8-6-10-18(15(14)2)19-11-7-9-16-12-17(13-20(16)19)21(3,4)5;1-3-2;;;/h2*6-13H,1-5H3;1-2H3;2*1H;/q2*-1;;;;+4/p-2. The average Bonchev–Trinajstić information content (AvgIpc) is 3.67. The van der Waals surface area contributed by atoms with Crippen molar-refractivity contribution in [3.05, 3.63) is 130 Å². The van der Waals surface area contributed by atoms with E-state index in [9.17, 15) is 0 Å². The van der Waals surface area contributed by atoms with Crippen LogP contribution in [0.3, 0.4) is 0 Å². The summed E-state index contributed by atoms with van der Waals surface area (Å²) in [5.41, 5.74) is 14.1. The number of hydrogen-bond donors (Lipinski definition) is 0. The number of fused-ring (bicyclic) bond motifs is 2. The molecule has 0 spiro atoms. The first-order valence-corrected chi connectivity index (χ1v) is 25.0. The summed E-state index contributed by atoms with van der Waals surface area (Å²) in [6.07, 6.45) is 0. The van der Waals surface area contributed by atoms with Crippen molar-refractivity contribution in [1.29, 1.82) is 0 Å². The molecule has 0 N–H and O–H groups in total. The van der Waals surface area contributed by atoms with Gasteiger partial charge in [0.2, 0.25) is 0 Å². The van der Waals surface area contributed by atoms with Gasteiger partial charge in [-0.05, 0) is 71.9 Å². The summed E-state index contributed by atoms with van der Waals surface area (Å²) in [6.45, 7) is 26.8. The van der Waals surface area contributed by atoms with Crippen LogP contribution in [0.15, 0.2) is 97.1 Å². The van der Waals surface area contributed by atoms with Crippen LogP contribution in [0.25, 0.3) is 43.8 Å². The van der Waals surface area contributed by atoms with E-state index in [1.54, 1.807) is 0 Å². The van der Waals surface area contributed by atoms with Gasteiger partial charge in [0.05, 0.1) is 0 Å². The summed E-state index contributed by atoms with van der Waals surface area (Å²) < 4.78 is 0. The summed E-state index contributed by atoms with van der Waals surface area (Å²) in [5.74, 6) is 0. The van der Waals surface area contributed by atoms with Gasteiger partial charge in [-0.1, -0.05) is 114 Å². The number of rotatable bonds is 2. The van der Waals surface area contributed by atoms with Crippen molar-refractivity contribution >= 4 is 48.1 Å². The van der Waals surface area contributed by atoms with Gasteiger partial charge in [-0.15, -0.1) is 69.1 Å². The van der Waals surface area contributed by atoms with E-state index in [4.69, 9.17) is 17.0 Å². The van der Waals surface area contributed by atoms with Gasteiger partial charge in [-0.2, -0.15) is 12.1 Å². The van der Waals surface area contributed by atoms with E-state index in [0.717, 1.165) is 9.52 Å². The Labute approximate surface area is 312 Å². The predicted molar refractivity (Wildman–Crippen MR) is 215 cm³/mol. The Morgan fingerprint density at radius 3 is 1.12 bits per heavy atom. The number of aryl methyl sites for hydroxylation is 2. The molecule has 0 bridgehead atoms. The van der Waals surface area contributed by atoms with Gasteiger partial charge in [-0.3, -0.25) is 0 Å². The molecule has 0 nitrogen and oxygen atoms in total. The Bertz CT molecular complexity index is 1790. The Morgan fingerprint density at radius 1 is 0.521 bits per heavy atom. The van der Waals surface area contributed by atoms with Crippen LogP contribution in [-0.2, 0) is 31.7 Å². The summed E-state index contributed by atoms with van der Waals surface area (Å²) in [6, 6.07) is 35.8. The van der Waals surface area contributed by atoms with E-state index in [1.807, 2.05) is 0 Å². The molecule has 0 aromatic heterocycles. The van der Waals surface area contributed by atoms with Crippen molar-refractivity contribution < 1.29 is 20.8 Å². The van der Waals surface area contributed by atoms with Crippen LogP contribution in [0.5, 0.6) is 0 Å². The second kappa shape index (κ2) is 17.6. The Hall–Kier alpha value is -2.22. The molecular weight excluding hydrogens is 719 g/mol. The molecule has 0 fully saturated rings. The number of benzene rings is 4. The normalized spacial score (nSPS) is 11.1. The first-order valence-electron chi connectivity index (χ1n) is 16.7. The van der Waals surface area contributed by atoms with Gasteiger partial charge in [0.15, 0.2) is 0 Å². The molecule has 0 aliphatic rings. The van der Waals surface area contributed by atoms with Crippen molar-refractivity contribution in [3.63, 3.8) is 0 Å². The number of hydrogen-bond acceptors (Lipinski definition) is 0. The molecule has 6 rings (SSSR count). The molecule has 4 heteroatoms. The SMILES string of the molecule is C[Si]C.Cc1cccc(-c2cccc3[cH-]c(C(C)(C)C)cc23)c1C.Cc1cccc(-c2cccc3[cH-]c(C(C)(C)C)cc23)c1C.[Cl][Zr+2][Cl]. The van der Waals surface area contributed by atoms with Gasteiger partial charge in [0.25, 0.3) is 0 Å². The molecule has 6 aromatic rings. The van der Waals surface area contributed by atoms with Crippen LogP contribution in [0.2, 0.25) is 13.1 Å². The van der Waals surface area contributed by atoms with Crippen LogP contribution in [0.1, 0.15) is 74.9 Å². The zero-order chi connectivity index (χ0) is 35.8. The fraction of sp³-hybridized carbons (Fsp3) is 0.318. The fourth-order valence-electron chi connectivity index (χ4n) is 5.89. The number of halogens is 2. The van der Waals surface area contributed by atoms with E-state index in [-0.39, 0.29) is 10.8 Å². The van der Waals surface area contributed by atoms with Crippen molar-refractivity contribution in [2.24, 2.45) is 0 Å². The molecule has 250 valence electrons. The first kappa shape index (κ1) is 40.2. The minimum atomic E-state index is -0.826. The predicted octanol–water partition coefficient (Wildman–Crippen LogP) is 14.4. The van der Waals surface area contributed by atoms with E-state index in [2.05, 4.69) is 179 Å². The molecule has 48 heavy (non-hydrogen) atoms. The molecule has 0 atom stereocenters. The van der Waals surface area contributed by atoms with Gasteiger partial charge < -0.3 is 0 Å². The molecule has 0 unspecified atom stereocenters. The molecule has 0 aliphatic heterocycles. The van der Waals surface area contributed by atoms with Crippen LogP contribution in [0, 0.1) is 27.7 Å². The van der Waals surface area contributed by atoms with Crippen LogP contribution >= 0.6 is 17.0 Å². The molecule has 0 aliphatic carbocycles. The first-order chi connectivity index (χ1) is 22.6. The van der Waals surface area contributed by atoms with Gasteiger partial charge in [0, 0.05) is 9.52 Å². The van der Waals surface area contributed by atoms with Crippen molar-refractivity contribution in [1.82, 2.24) is 0 Å². The maximum absolute atomic E-state index is 4.93. The second-order valence-electron chi connectivity index (χ2n) is 14.7. The fourth-order valence-corrected chi connectivity index (χ4v) is 5.89.